The van der Waals surface area contributed by atoms with Gasteiger partial charge in [0.05, 0.1) is 5.56 Å². The smallest absolute Gasteiger partial charge is 0.165 e. The topological polar surface area (TPSA) is 43.1 Å². The molecule has 0 saturated heterocycles. The van der Waals surface area contributed by atoms with Gasteiger partial charge in [0.25, 0.3) is 0 Å². The minimum absolute atomic E-state index is 0.0418. The van der Waals surface area contributed by atoms with Crippen LogP contribution in [0.25, 0.3) is 0 Å². The van der Waals surface area contributed by atoms with Crippen molar-refractivity contribution in [2.24, 2.45) is 17.1 Å². The number of rotatable bonds is 6. The fourth-order valence-electron chi connectivity index (χ4n) is 2.36. The molecule has 0 spiro atoms. The van der Waals surface area contributed by atoms with E-state index in [4.69, 9.17) is 5.73 Å². The Bertz CT molecular complexity index is 466. The molecule has 1 atom stereocenters. The summed E-state index contributed by atoms with van der Waals surface area (Å²) in [6.45, 7) is 6.85. The van der Waals surface area contributed by atoms with E-state index >= 15 is 0 Å². The minimum atomic E-state index is -0.664. The van der Waals surface area contributed by atoms with Gasteiger partial charge in [-0.1, -0.05) is 20.8 Å². The van der Waals surface area contributed by atoms with Gasteiger partial charge in [-0.25, -0.2) is 8.78 Å². The highest BCUT2D eigenvalue weighted by Crippen LogP contribution is 2.32. The van der Waals surface area contributed by atoms with Crippen LogP contribution in [0.5, 0.6) is 0 Å². The quantitative estimate of drug-likeness (QED) is 0.804. The van der Waals surface area contributed by atoms with Gasteiger partial charge in [-0.3, -0.25) is 4.79 Å². The first-order valence-electron chi connectivity index (χ1n) is 6.94. The molecule has 0 radical (unpaired) electrons. The molecule has 0 bridgehead atoms. The maximum absolute atomic E-state index is 13.5. The third-order valence-electron chi connectivity index (χ3n) is 3.69. The summed E-state index contributed by atoms with van der Waals surface area (Å²) in [5.74, 6) is -1.33. The molecule has 4 heteroatoms. The number of hydrogen-bond donors (Lipinski definition) is 1. The van der Waals surface area contributed by atoms with E-state index in [0.29, 0.717) is 13.0 Å². The second-order valence-electron chi connectivity index (χ2n) is 6.23. The zero-order chi connectivity index (χ0) is 15.3. The molecule has 1 unspecified atom stereocenters. The molecule has 20 heavy (non-hydrogen) atoms. The van der Waals surface area contributed by atoms with Crippen LogP contribution in [0.15, 0.2) is 18.2 Å². The van der Waals surface area contributed by atoms with Crippen molar-refractivity contribution in [3.63, 3.8) is 0 Å². The highest BCUT2D eigenvalue weighted by atomic mass is 19.1. The monoisotopic (exact) mass is 283 g/mol. The van der Waals surface area contributed by atoms with Gasteiger partial charge < -0.3 is 5.73 Å². The molecular formula is C16H23F2NO. The third-order valence-corrected chi connectivity index (χ3v) is 3.69. The summed E-state index contributed by atoms with van der Waals surface area (Å²) in [4.78, 5) is 12.0. The van der Waals surface area contributed by atoms with Crippen LogP contribution in [0.4, 0.5) is 8.78 Å². The van der Waals surface area contributed by atoms with Gasteiger partial charge in [0.15, 0.2) is 5.78 Å². The molecule has 0 aliphatic rings. The zero-order valence-electron chi connectivity index (χ0n) is 12.4. The number of Topliss-reactive ketones (excluding diaryl/α,β-unsaturated/α-hetero) is 1. The Hall–Kier alpha value is -1.29. The van der Waals surface area contributed by atoms with Crippen LogP contribution in [-0.2, 0) is 0 Å². The van der Waals surface area contributed by atoms with E-state index in [1.54, 1.807) is 0 Å². The van der Waals surface area contributed by atoms with E-state index in [1.165, 1.54) is 0 Å². The van der Waals surface area contributed by atoms with E-state index in [9.17, 15) is 13.6 Å². The highest BCUT2D eigenvalue weighted by molar-refractivity contribution is 5.96. The van der Waals surface area contributed by atoms with Crippen LogP contribution in [0, 0.1) is 23.0 Å². The third kappa shape index (κ3) is 4.67. The maximum atomic E-state index is 13.5. The van der Waals surface area contributed by atoms with Crippen molar-refractivity contribution in [1.29, 1.82) is 0 Å². The number of halogens is 2. The molecule has 0 aliphatic carbocycles. The Balaban J connectivity index is 2.73. The summed E-state index contributed by atoms with van der Waals surface area (Å²) in [5, 5.41) is 0. The molecule has 0 fully saturated rings. The number of nitrogens with two attached hydrogens (primary N) is 1. The predicted octanol–water partition coefficient (Wildman–Crippen LogP) is 3.94. The van der Waals surface area contributed by atoms with Crippen LogP contribution in [0.1, 0.15) is 50.4 Å². The van der Waals surface area contributed by atoms with E-state index < -0.39 is 11.6 Å². The molecule has 1 rings (SSSR count). The average molecular weight is 283 g/mol. The Morgan fingerprint density at radius 2 is 1.90 bits per heavy atom. The molecule has 1 aromatic carbocycles. The Morgan fingerprint density at radius 1 is 1.25 bits per heavy atom. The lowest BCUT2D eigenvalue weighted by Crippen LogP contribution is -2.24. The fraction of sp³-hybridized carbons (Fsp3) is 0.562. The first-order chi connectivity index (χ1) is 9.25. The van der Waals surface area contributed by atoms with Gasteiger partial charge in [-0.15, -0.1) is 0 Å². The van der Waals surface area contributed by atoms with Crippen LogP contribution in [0.2, 0.25) is 0 Å². The first-order valence-corrected chi connectivity index (χ1v) is 6.94. The van der Waals surface area contributed by atoms with Crippen molar-refractivity contribution in [3.05, 3.63) is 35.4 Å². The van der Waals surface area contributed by atoms with Crippen LogP contribution < -0.4 is 5.73 Å². The lowest BCUT2D eigenvalue weighted by molar-refractivity contribution is 0.0953. The number of benzene rings is 1. The second-order valence-corrected chi connectivity index (χ2v) is 6.23. The minimum Gasteiger partial charge on any atom is -0.330 e. The lowest BCUT2D eigenvalue weighted by atomic mass is 9.76. The van der Waals surface area contributed by atoms with Crippen LogP contribution >= 0.6 is 0 Å². The van der Waals surface area contributed by atoms with E-state index in [0.717, 1.165) is 24.6 Å². The predicted molar refractivity (Wildman–Crippen MR) is 76.5 cm³/mol. The van der Waals surface area contributed by atoms with Gasteiger partial charge in [0.2, 0.25) is 0 Å². The second kappa shape index (κ2) is 6.93. The number of carbonyl (C=O) groups excluding carboxylic acids is 1. The molecule has 0 aliphatic heterocycles. The number of hydrogen-bond acceptors (Lipinski definition) is 2. The molecule has 1 aromatic rings. The summed E-state index contributed by atoms with van der Waals surface area (Å²) in [5.41, 5.74) is 5.47. The van der Waals surface area contributed by atoms with Crippen molar-refractivity contribution >= 4 is 5.78 Å². The van der Waals surface area contributed by atoms with Gasteiger partial charge in [0, 0.05) is 6.42 Å². The van der Waals surface area contributed by atoms with Gasteiger partial charge >= 0.3 is 0 Å². The Morgan fingerprint density at radius 3 is 2.45 bits per heavy atom. The van der Waals surface area contributed by atoms with E-state index in [1.807, 2.05) is 0 Å². The number of carbonyl (C=O) groups is 1. The molecule has 0 amide bonds. The van der Waals surface area contributed by atoms with E-state index in [-0.39, 0.29) is 29.1 Å². The zero-order valence-corrected chi connectivity index (χ0v) is 12.4. The van der Waals surface area contributed by atoms with E-state index in [2.05, 4.69) is 20.8 Å². The highest BCUT2D eigenvalue weighted by Gasteiger charge is 2.25. The summed E-state index contributed by atoms with van der Waals surface area (Å²) in [6.07, 6.45) is 1.67. The lowest BCUT2D eigenvalue weighted by Gasteiger charge is -2.30. The van der Waals surface area contributed by atoms with Crippen molar-refractivity contribution in [2.75, 3.05) is 6.54 Å². The number of ketones is 1. The molecule has 2 N–H and O–H groups in total. The van der Waals surface area contributed by atoms with Crippen molar-refractivity contribution in [1.82, 2.24) is 0 Å². The van der Waals surface area contributed by atoms with Gasteiger partial charge in [0.1, 0.15) is 11.6 Å². The van der Waals surface area contributed by atoms with Gasteiger partial charge in [-0.2, -0.15) is 0 Å². The summed E-state index contributed by atoms with van der Waals surface area (Å²) in [6, 6.07) is 2.97. The fourth-order valence-corrected chi connectivity index (χ4v) is 2.36. The largest absolute Gasteiger partial charge is 0.330 e. The molecular weight excluding hydrogens is 260 g/mol. The molecule has 2 nitrogen and oxygen atoms in total. The summed E-state index contributed by atoms with van der Waals surface area (Å²) >= 11 is 0. The standard InChI is InChI=1S/C16H23F2NO/c1-16(2,3)11(8-9-19)4-7-15(20)13-10-12(17)5-6-14(13)18/h5-6,10-11H,4,7-9,19H2,1-3H3. The Kier molecular flexibility index (Phi) is 5.81. The summed E-state index contributed by atoms with van der Waals surface area (Å²) < 4.78 is 26.6. The average Bonchev–Trinajstić information content (AvgIpc) is 2.35. The van der Waals surface area contributed by atoms with Crippen LogP contribution in [-0.4, -0.2) is 12.3 Å². The Labute approximate surface area is 119 Å². The van der Waals surface area contributed by atoms with Crippen molar-refractivity contribution in [3.8, 4) is 0 Å². The molecule has 0 saturated carbocycles. The SMILES string of the molecule is CC(C)(C)C(CCN)CCC(=O)c1cc(F)ccc1F. The van der Waals surface area contributed by atoms with Crippen molar-refractivity contribution in [2.45, 2.75) is 40.0 Å². The van der Waals surface area contributed by atoms with Crippen molar-refractivity contribution < 1.29 is 13.6 Å². The normalized spacial score (nSPS) is 13.3. The summed E-state index contributed by atoms with van der Waals surface area (Å²) in [7, 11) is 0. The molecule has 0 aromatic heterocycles. The molecule has 0 heterocycles. The first kappa shape index (κ1) is 16.8. The molecule has 112 valence electrons. The van der Waals surface area contributed by atoms with Gasteiger partial charge in [-0.05, 0) is 48.9 Å². The maximum Gasteiger partial charge on any atom is 0.165 e. The van der Waals surface area contributed by atoms with Crippen LogP contribution in [0.3, 0.4) is 0 Å².